The van der Waals surface area contributed by atoms with Crippen LogP contribution in [-0.4, -0.2) is 22.2 Å². The standard InChI is InChI=1S/C29H21F2N3O3.2H2/c1-16-12-19-13-18(6-8-22(19)32-16)26-21-5-3-2-4-17(21)14-25(33-26)34-27(35)28(10-11-28)20-7-9-23-24(15-20)37-29(30,31)36-23;;/h2-9,12-15,32H,10-11H2,1H3,(H,33,34,35);2*1H. The molecule has 2 aliphatic rings. The number of carbonyl (C=O) groups excluding carboxylic acids is 1. The molecule has 1 aliphatic heterocycles. The second kappa shape index (κ2) is 7.52. The van der Waals surface area contributed by atoms with Crippen LogP contribution >= 0.6 is 0 Å². The van der Waals surface area contributed by atoms with Crippen molar-refractivity contribution in [1.29, 1.82) is 0 Å². The Morgan fingerprint density at radius 1 is 0.973 bits per heavy atom. The summed E-state index contributed by atoms with van der Waals surface area (Å²) in [6.45, 7) is 2.02. The molecule has 0 atom stereocenters. The summed E-state index contributed by atoms with van der Waals surface area (Å²) >= 11 is 0. The van der Waals surface area contributed by atoms with Gasteiger partial charge in [0.2, 0.25) is 5.91 Å². The van der Waals surface area contributed by atoms with Gasteiger partial charge in [0.1, 0.15) is 5.82 Å². The number of pyridine rings is 1. The van der Waals surface area contributed by atoms with E-state index in [9.17, 15) is 13.6 Å². The summed E-state index contributed by atoms with van der Waals surface area (Å²) in [5.41, 5.74) is 3.62. The Morgan fingerprint density at radius 3 is 2.62 bits per heavy atom. The quantitative estimate of drug-likeness (QED) is 0.274. The van der Waals surface area contributed by atoms with Crippen LogP contribution in [0.2, 0.25) is 0 Å². The molecule has 3 heterocycles. The smallest absolute Gasteiger partial charge is 0.395 e. The Balaban J connectivity index is 0.00000154. The molecule has 7 rings (SSSR count). The van der Waals surface area contributed by atoms with Crippen molar-refractivity contribution in [2.24, 2.45) is 0 Å². The van der Waals surface area contributed by atoms with Crippen molar-refractivity contribution >= 4 is 33.4 Å². The number of nitrogens with one attached hydrogen (secondary N) is 2. The Morgan fingerprint density at radius 2 is 1.78 bits per heavy atom. The third-order valence-electron chi connectivity index (χ3n) is 7.15. The number of aromatic amines is 1. The van der Waals surface area contributed by atoms with Gasteiger partial charge in [0.05, 0.1) is 11.1 Å². The first-order valence-corrected chi connectivity index (χ1v) is 12.0. The highest BCUT2D eigenvalue weighted by Crippen LogP contribution is 2.52. The largest absolute Gasteiger partial charge is 0.586 e. The molecule has 0 bridgehead atoms. The number of anilines is 1. The van der Waals surface area contributed by atoms with Gasteiger partial charge >= 0.3 is 6.29 Å². The predicted octanol–water partition coefficient (Wildman–Crippen LogP) is 7.18. The van der Waals surface area contributed by atoms with E-state index in [0.29, 0.717) is 24.2 Å². The number of halogens is 2. The van der Waals surface area contributed by atoms with Crippen LogP contribution in [0.3, 0.4) is 0 Å². The lowest BCUT2D eigenvalue weighted by Gasteiger charge is -2.17. The number of alkyl halides is 2. The summed E-state index contributed by atoms with van der Waals surface area (Å²) in [5.74, 6) is 0.0922. The molecule has 1 saturated carbocycles. The van der Waals surface area contributed by atoms with Crippen molar-refractivity contribution in [2.75, 3.05) is 5.32 Å². The van der Waals surface area contributed by atoms with E-state index in [1.807, 2.05) is 49.4 Å². The van der Waals surface area contributed by atoms with Crippen LogP contribution in [0.4, 0.5) is 14.6 Å². The molecule has 3 aromatic carbocycles. The van der Waals surface area contributed by atoms with Gasteiger partial charge in [-0.05, 0) is 67.1 Å². The Bertz CT molecular complexity index is 1750. The van der Waals surface area contributed by atoms with Gasteiger partial charge in [-0.1, -0.05) is 36.4 Å². The molecule has 0 spiro atoms. The Labute approximate surface area is 213 Å². The van der Waals surface area contributed by atoms with Gasteiger partial charge in [-0.3, -0.25) is 4.79 Å². The van der Waals surface area contributed by atoms with Crippen LogP contribution < -0.4 is 14.8 Å². The average molecular weight is 502 g/mol. The first-order chi connectivity index (χ1) is 17.8. The van der Waals surface area contributed by atoms with Gasteiger partial charge < -0.3 is 19.8 Å². The van der Waals surface area contributed by atoms with Crippen molar-refractivity contribution in [3.05, 3.63) is 84.1 Å². The number of amides is 1. The number of benzene rings is 3. The van der Waals surface area contributed by atoms with E-state index in [1.165, 1.54) is 12.1 Å². The van der Waals surface area contributed by atoms with Crippen molar-refractivity contribution < 1.29 is 25.9 Å². The van der Waals surface area contributed by atoms with E-state index in [0.717, 1.165) is 38.6 Å². The van der Waals surface area contributed by atoms with Gasteiger partial charge in [-0.25, -0.2) is 4.98 Å². The molecule has 1 amide bonds. The molecule has 0 saturated heterocycles. The Hall–Kier alpha value is -4.46. The zero-order valence-electron chi connectivity index (χ0n) is 19.8. The highest BCUT2D eigenvalue weighted by molar-refractivity contribution is 6.04. The molecule has 2 aromatic heterocycles. The minimum absolute atomic E-state index is 0. The molecule has 0 radical (unpaired) electrons. The number of aromatic nitrogens is 2. The molecule has 0 unspecified atom stereocenters. The fraction of sp³-hybridized carbons (Fsp3) is 0.172. The topological polar surface area (TPSA) is 76.2 Å². The number of H-pyrrole nitrogens is 1. The van der Waals surface area contributed by atoms with Crippen molar-refractivity contribution in [1.82, 2.24) is 9.97 Å². The fourth-order valence-corrected chi connectivity index (χ4v) is 5.16. The fourth-order valence-electron chi connectivity index (χ4n) is 5.16. The lowest BCUT2D eigenvalue weighted by molar-refractivity contribution is -0.286. The third kappa shape index (κ3) is 3.59. The molecule has 188 valence electrons. The van der Waals surface area contributed by atoms with Gasteiger partial charge in [0.25, 0.3) is 0 Å². The highest BCUT2D eigenvalue weighted by atomic mass is 19.3. The van der Waals surface area contributed by atoms with Gasteiger partial charge in [-0.15, -0.1) is 8.78 Å². The monoisotopic (exact) mass is 501 g/mol. The molecule has 1 aliphatic carbocycles. The van der Waals surface area contributed by atoms with Crippen LogP contribution in [-0.2, 0) is 10.2 Å². The molecular weight excluding hydrogens is 476 g/mol. The van der Waals surface area contributed by atoms with Crippen LogP contribution in [0.15, 0.2) is 72.8 Å². The first-order valence-electron chi connectivity index (χ1n) is 12.0. The summed E-state index contributed by atoms with van der Waals surface area (Å²) in [5, 5.41) is 6.00. The normalized spacial score (nSPS) is 16.7. The maximum atomic E-state index is 13.5. The van der Waals surface area contributed by atoms with Crippen LogP contribution in [0.1, 0.15) is 27.0 Å². The summed E-state index contributed by atoms with van der Waals surface area (Å²) in [7, 11) is 0. The third-order valence-corrected chi connectivity index (χ3v) is 7.15. The lowest BCUT2D eigenvalue weighted by Crippen LogP contribution is -2.28. The average Bonchev–Trinajstić information content (AvgIpc) is 3.50. The lowest BCUT2D eigenvalue weighted by atomic mass is 9.94. The molecule has 8 heteroatoms. The van der Waals surface area contributed by atoms with Crippen molar-refractivity contribution in [3.63, 3.8) is 0 Å². The van der Waals surface area contributed by atoms with Crippen molar-refractivity contribution in [3.8, 4) is 22.8 Å². The number of rotatable bonds is 4. The van der Waals surface area contributed by atoms with Crippen LogP contribution in [0.5, 0.6) is 11.5 Å². The number of nitrogens with zero attached hydrogens (tertiary/aromatic N) is 1. The van der Waals surface area contributed by atoms with Gasteiger partial charge in [0, 0.05) is 30.4 Å². The minimum atomic E-state index is -3.70. The predicted molar refractivity (Wildman–Crippen MR) is 140 cm³/mol. The number of carbonyl (C=O) groups is 1. The van der Waals surface area contributed by atoms with E-state index in [1.54, 1.807) is 6.07 Å². The van der Waals surface area contributed by atoms with E-state index >= 15 is 0 Å². The molecule has 1 fully saturated rings. The van der Waals surface area contributed by atoms with Crippen LogP contribution in [0.25, 0.3) is 32.9 Å². The summed E-state index contributed by atoms with van der Waals surface area (Å²) in [6.07, 6.45) is -2.51. The summed E-state index contributed by atoms with van der Waals surface area (Å²) in [6, 6.07) is 22.5. The van der Waals surface area contributed by atoms with E-state index in [4.69, 9.17) is 4.98 Å². The minimum Gasteiger partial charge on any atom is -0.395 e. The van der Waals surface area contributed by atoms with E-state index in [2.05, 4.69) is 31.9 Å². The second-order valence-electron chi connectivity index (χ2n) is 9.70. The summed E-state index contributed by atoms with van der Waals surface area (Å²) in [4.78, 5) is 21.7. The SMILES string of the molecule is Cc1cc2cc(-c3nc(NC(=O)C4(c5ccc6c(c5)OC(F)(F)O6)CC4)cc4ccccc34)ccc2[nH]1.[HH].[HH]. The molecular formula is C29H25F2N3O3. The number of hydrogen-bond acceptors (Lipinski definition) is 4. The van der Waals surface area contributed by atoms with Gasteiger partial charge in [0.15, 0.2) is 11.5 Å². The zero-order chi connectivity index (χ0) is 25.4. The molecule has 37 heavy (non-hydrogen) atoms. The Kier molecular flexibility index (Phi) is 4.43. The zero-order valence-corrected chi connectivity index (χ0v) is 19.8. The number of hydrogen-bond donors (Lipinski definition) is 2. The van der Waals surface area contributed by atoms with Gasteiger partial charge in [-0.2, -0.15) is 0 Å². The van der Waals surface area contributed by atoms with E-state index in [-0.39, 0.29) is 20.3 Å². The number of aryl methyl sites for hydroxylation is 1. The maximum Gasteiger partial charge on any atom is 0.586 e. The molecule has 2 N–H and O–H groups in total. The van der Waals surface area contributed by atoms with E-state index < -0.39 is 11.7 Å². The maximum absolute atomic E-state index is 13.5. The number of ether oxygens (including phenoxy) is 2. The second-order valence-corrected chi connectivity index (χ2v) is 9.70. The first kappa shape index (κ1) is 21.8. The molecule has 6 nitrogen and oxygen atoms in total. The van der Waals surface area contributed by atoms with Crippen molar-refractivity contribution in [2.45, 2.75) is 31.5 Å². The number of fused-ring (bicyclic) bond motifs is 3. The van der Waals surface area contributed by atoms with Crippen LogP contribution in [0, 0.1) is 6.92 Å². The molecule has 5 aromatic rings. The summed E-state index contributed by atoms with van der Waals surface area (Å²) < 4.78 is 36.1. The highest BCUT2D eigenvalue weighted by Gasteiger charge is 2.53.